The van der Waals surface area contributed by atoms with Gasteiger partial charge >= 0.3 is 0 Å². The zero-order valence-electron chi connectivity index (χ0n) is 7.28. The maximum absolute atomic E-state index is 3.76. The smallest absolute Gasteiger partial charge is 0.0399 e. The van der Waals surface area contributed by atoms with Crippen molar-refractivity contribution >= 4 is 0 Å². The minimum absolute atomic E-state index is 1.16. The van der Waals surface area contributed by atoms with E-state index in [0.29, 0.717) is 0 Å². The number of hydrogen-bond acceptors (Lipinski definition) is 0. The second kappa shape index (κ2) is 7.48. The second-order valence-electron chi connectivity index (χ2n) is 1.75. The monoisotopic (exact) mass is 126 g/mol. The molecule has 0 nitrogen and oxygen atoms in total. The summed E-state index contributed by atoms with van der Waals surface area (Å²) in [5.74, 6) is 0. The van der Waals surface area contributed by atoms with E-state index in [1.54, 1.807) is 0 Å². The van der Waals surface area contributed by atoms with Crippen LogP contribution >= 0.6 is 0 Å². The van der Waals surface area contributed by atoms with Gasteiger partial charge in [0.1, 0.15) is 0 Å². The third-order valence-corrected chi connectivity index (χ3v) is 1.11. The fourth-order valence-electron chi connectivity index (χ4n) is 0.246. The van der Waals surface area contributed by atoms with Crippen molar-refractivity contribution in [3.05, 3.63) is 23.8 Å². The molecule has 0 heterocycles. The third-order valence-electron chi connectivity index (χ3n) is 1.11. The summed E-state index contributed by atoms with van der Waals surface area (Å²) < 4.78 is 0. The predicted octanol–water partition coefficient (Wildman–Crippen LogP) is 3.55. The number of hydrogen-bond donors (Lipinski definition) is 0. The molecule has 9 heavy (non-hydrogen) atoms. The van der Waals surface area contributed by atoms with E-state index >= 15 is 0 Å². The van der Waals surface area contributed by atoms with Crippen molar-refractivity contribution in [1.82, 2.24) is 0 Å². The fraction of sp³-hybridized carbons (Fsp3) is 0.556. The predicted molar refractivity (Wildman–Crippen MR) is 45.6 cm³/mol. The highest BCUT2D eigenvalue weighted by Crippen LogP contribution is 2.02. The summed E-state index contributed by atoms with van der Waals surface area (Å²) in [6.45, 7) is 13.8. The summed E-state index contributed by atoms with van der Waals surface area (Å²) in [4.78, 5) is 0. The first kappa shape index (κ1) is 11.3. The molecule has 0 spiro atoms. The van der Waals surface area contributed by atoms with Crippen molar-refractivity contribution in [3.8, 4) is 0 Å². The van der Waals surface area contributed by atoms with Crippen LogP contribution in [0.3, 0.4) is 0 Å². The minimum atomic E-state index is 1.16. The van der Waals surface area contributed by atoms with Crippen molar-refractivity contribution in [2.75, 3.05) is 0 Å². The van der Waals surface area contributed by atoms with E-state index in [9.17, 15) is 0 Å². The van der Waals surface area contributed by atoms with E-state index in [1.807, 2.05) is 27.7 Å². The molecule has 0 rings (SSSR count). The van der Waals surface area contributed by atoms with E-state index in [1.165, 1.54) is 5.57 Å². The number of rotatable bonds is 1. The van der Waals surface area contributed by atoms with Crippen LogP contribution in [-0.2, 0) is 0 Å². The van der Waals surface area contributed by atoms with Gasteiger partial charge in [-0.25, -0.2) is 0 Å². The average Bonchev–Trinajstić information content (AvgIpc) is 1.91. The molecule has 0 aliphatic carbocycles. The molecule has 0 bridgehead atoms. The maximum Gasteiger partial charge on any atom is -0.0399 e. The van der Waals surface area contributed by atoms with Crippen LogP contribution in [0.2, 0.25) is 0 Å². The Labute approximate surface area is 59.3 Å². The molecule has 0 fully saturated rings. The van der Waals surface area contributed by atoms with Gasteiger partial charge in [-0.2, -0.15) is 0 Å². The highest BCUT2D eigenvalue weighted by Gasteiger charge is 1.81. The van der Waals surface area contributed by atoms with E-state index in [2.05, 4.69) is 19.6 Å². The van der Waals surface area contributed by atoms with Crippen molar-refractivity contribution < 1.29 is 0 Å². The van der Waals surface area contributed by atoms with Gasteiger partial charge in [-0.1, -0.05) is 37.6 Å². The highest BCUT2D eigenvalue weighted by molar-refractivity contribution is 5.22. The Balaban J connectivity index is 0. The second-order valence-corrected chi connectivity index (χ2v) is 1.75. The Morgan fingerprint density at radius 1 is 1.22 bits per heavy atom. The lowest BCUT2D eigenvalue weighted by atomic mass is 10.2. The van der Waals surface area contributed by atoms with Gasteiger partial charge in [0.2, 0.25) is 0 Å². The molecule has 0 atom stereocenters. The lowest BCUT2D eigenvalue weighted by Gasteiger charge is -1.92. The SMILES string of the molecule is C=C(C)/C(C)=C\C.CC. The summed E-state index contributed by atoms with van der Waals surface area (Å²) in [7, 11) is 0. The Hall–Kier alpha value is -0.520. The molecule has 0 amide bonds. The molecule has 0 heteroatoms. The highest BCUT2D eigenvalue weighted by atomic mass is 13.9. The van der Waals surface area contributed by atoms with E-state index in [0.717, 1.165) is 5.57 Å². The van der Waals surface area contributed by atoms with Crippen LogP contribution in [0.5, 0.6) is 0 Å². The molecule has 54 valence electrons. The van der Waals surface area contributed by atoms with Crippen molar-refractivity contribution in [2.45, 2.75) is 34.6 Å². The molecule has 0 aliphatic heterocycles. The Bertz CT molecular complexity index is 96.6. The first-order chi connectivity index (χ1) is 4.18. The minimum Gasteiger partial charge on any atom is -0.0959 e. The molecule has 0 saturated heterocycles. The first-order valence-corrected chi connectivity index (χ1v) is 3.47. The van der Waals surface area contributed by atoms with Gasteiger partial charge in [0, 0.05) is 0 Å². The summed E-state index contributed by atoms with van der Waals surface area (Å²) in [5.41, 5.74) is 2.43. The average molecular weight is 126 g/mol. The first-order valence-electron chi connectivity index (χ1n) is 3.47. The lowest BCUT2D eigenvalue weighted by molar-refractivity contribution is 1.34. The van der Waals surface area contributed by atoms with Crippen LogP contribution < -0.4 is 0 Å². The Kier molecular flexibility index (Phi) is 9.39. The molecule has 0 aromatic heterocycles. The van der Waals surface area contributed by atoms with E-state index < -0.39 is 0 Å². The van der Waals surface area contributed by atoms with E-state index in [-0.39, 0.29) is 0 Å². The summed E-state index contributed by atoms with van der Waals surface area (Å²) in [5, 5.41) is 0. The van der Waals surface area contributed by atoms with Gasteiger partial charge < -0.3 is 0 Å². The van der Waals surface area contributed by atoms with Gasteiger partial charge in [-0.05, 0) is 20.8 Å². The van der Waals surface area contributed by atoms with Gasteiger partial charge in [0.25, 0.3) is 0 Å². The summed E-state index contributed by atoms with van der Waals surface area (Å²) in [6.07, 6.45) is 2.06. The molecule has 0 N–H and O–H groups in total. The summed E-state index contributed by atoms with van der Waals surface area (Å²) in [6, 6.07) is 0. The van der Waals surface area contributed by atoms with Crippen LogP contribution in [0.1, 0.15) is 34.6 Å². The van der Waals surface area contributed by atoms with Crippen molar-refractivity contribution in [2.24, 2.45) is 0 Å². The number of allylic oxidation sites excluding steroid dienone is 3. The Morgan fingerprint density at radius 3 is 1.56 bits per heavy atom. The summed E-state index contributed by atoms with van der Waals surface area (Å²) >= 11 is 0. The van der Waals surface area contributed by atoms with Gasteiger partial charge in [0.15, 0.2) is 0 Å². The van der Waals surface area contributed by atoms with Crippen molar-refractivity contribution in [1.29, 1.82) is 0 Å². The van der Waals surface area contributed by atoms with Crippen LogP contribution in [0.25, 0.3) is 0 Å². The van der Waals surface area contributed by atoms with Crippen LogP contribution in [0.4, 0.5) is 0 Å². The van der Waals surface area contributed by atoms with E-state index in [4.69, 9.17) is 0 Å². The molecular formula is C9H18. The van der Waals surface area contributed by atoms with Crippen LogP contribution in [0.15, 0.2) is 23.8 Å². The zero-order chi connectivity index (χ0) is 7.86. The fourth-order valence-corrected chi connectivity index (χ4v) is 0.246. The third kappa shape index (κ3) is 7.48. The lowest BCUT2D eigenvalue weighted by Crippen LogP contribution is -1.71. The normalized spacial score (nSPS) is 9.67. The molecule has 0 unspecified atom stereocenters. The van der Waals surface area contributed by atoms with Gasteiger partial charge in [-0.3, -0.25) is 0 Å². The molecule has 0 saturated carbocycles. The molecule has 0 aliphatic rings. The molecule has 0 radical (unpaired) electrons. The molecular weight excluding hydrogens is 108 g/mol. The van der Waals surface area contributed by atoms with Gasteiger partial charge in [0.05, 0.1) is 0 Å². The van der Waals surface area contributed by atoms with Crippen LogP contribution in [-0.4, -0.2) is 0 Å². The molecule has 0 aromatic carbocycles. The maximum atomic E-state index is 3.76. The van der Waals surface area contributed by atoms with Gasteiger partial charge in [-0.15, -0.1) is 0 Å². The zero-order valence-corrected chi connectivity index (χ0v) is 7.28. The van der Waals surface area contributed by atoms with Crippen molar-refractivity contribution in [3.63, 3.8) is 0 Å². The largest absolute Gasteiger partial charge is 0.0959 e. The standard InChI is InChI=1S/C7H12.C2H6/c1-5-7(4)6(2)3;1-2/h5H,2H2,1,3-4H3;1-2H3/b7-5-;. The van der Waals surface area contributed by atoms with Crippen LogP contribution in [0, 0.1) is 0 Å². The molecule has 0 aromatic rings. The quantitative estimate of drug-likeness (QED) is 0.471. The Morgan fingerprint density at radius 2 is 1.56 bits per heavy atom. The topological polar surface area (TPSA) is 0 Å².